The van der Waals surface area contributed by atoms with Crippen LogP contribution in [-0.2, 0) is 6.42 Å². The van der Waals surface area contributed by atoms with Gasteiger partial charge in [-0.1, -0.05) is 18.2 Å². The highest BCUT2D eigenvalue weighted by Crippen LogP contribution is 2.31. The molecule has 5 rings (SSSR count). The molecule has 2 N–H and O–H groups in total. The summed E-state index contributed by atoms with van der Waals surface area (Å²) in [5.41, 5.74) is 2.32. The monoisotopic (exact) mass is 489 g/mol. The van der Waals surface area contributed by atoms with Gasteiger partial charge in [0.2, 0.25) is 5.95 Å². The highest BCUT2D eigenvalue weighted by atomic mass is 16.6. The normalized spacial score (nSPS) is 19.3. The summed E-state index contributed by atoms with van der Waals surface area (Å²) < 4.78 is 11.3. The lowest BCUT2D eigenvalue weighted by Gasteiger charge is -2.29. The molecule has 0 unspecified atom stereocenters. The molecule has 2 heterocycles. The third-order valence-electron chi connectivity index (χ3n) is 7.30. The number of fused-ring (bicyclic) bond motifs is 2. The second-order valence-electron chi connectivity index (χ2n) is 10.3. The maximum Gasteiger partial charge on any atom is 0.225 e. The van der Waals surface area contributed by atoms with E-state index in [4.69, 9.17) is 19.4 Å². The largest absolute Gasteiger partial charge is 0.486 e. The summed E-state index contributed by atoms with van der Waals surface area (Å²) in [6.45, 7) is 3.49. The van der Waals surface area contributed by atoms with Gasteiger partial charge in [0.05, 0.1) is 5.52 Å². The first-order valence-corrected chi connectivity index (χ1v) is 13.5. The lowest BCUT2D eigenvalue weighted by Crippen LogP contribution is -2.32. The number of rotatable bonds is 10. The lowest BCUT2D eigenvalue weighted by molar-refractivity contribution is 0.171. The van der Waals surface area contributed by atoms with Crippen molar-refractivity contribution in [1.82, 2.24) is 15.3 Å². The van der Waals surface area contributed by atoms with Crippen LogP contribution in [0.15, 0.2) is 42.5 Å². The Labute approximate surface area is 214 Å². The van der Waals surface area contributed by atoms with Gasteiger partial charge in [-0.15, -0.1) is 0 Å². The maximum atomic E-state index is 5.70. The number of benzene rings is 2. The fraction of sp³-hybridized carbons (Fsp3) is 0.517. The van der Waals surface area contributed by atoms with E-state index in [0.29, 0.717) is 19.3 Å². The van der Waals surface area contributed by atoms with Crippen molar-refractivity contribution < 1.29 is 9.47 Å². The first-order valence-electron chi connectivity index (χ1n) is 13.5. The Kier molecular flexibility index (Phi) is 8.06. The molecule has 0 bridgehead atoms. The number of hydrogen-bond donors (Lipinski definition) is 2. The van der Waals surface area contributed by atoms with Crippen LogP contribution in [-0.4, -0.2) is 56.4 Å². The van der Waals surface area contributed by atoms with E-state index in [-0.39, 0.29) is 0 Å². The van der Waals surface area contributed by atoms with E-state index < -0.39 is 0 Å². The lowest BCUT2D eigenvalue weighted by atomic mass is 9.86. The van der Waals surface area contributed by atoms with E-state index >= 15 is 0 Å². The molecule has 0 amide bonds. The van der Waals surface area contributed by atoms with Crippen LogP contribution >= 0.6 is 0 Å². The van der Waals surface area contributed by atoms with E-state index in [0.717, 1.165) is 59.6 Å². The minimum atomic E-state index is 0.448. The average Bonchev–Trinajstić information content (AvgIpc) is 2.91. The van der Waals surface area contributed by atoms with Crippen LogP contribution in [0.2, 0.25) is 0 Å². The number of para-hydroxylation sites is 1. The smallest absolute Gasteiger partial charge is 0.225 e. The molecular formula is C29H39N5O2. The Morgan fingerprint density at radius 1 is 0.917 bits per heavy atom. The van der Waals surface area contributed by atoms with Crippen LogP contribution < -0.4 is 25.0 Å². The van der Waals surface area contributed by atoms with Crippen molar-refractivity contribution in [3.8, 4) is 11.5 Å². The SMILES string of the molecule is CN(C)c1nc(NC2CCC(CNCCCCc3ccc4c(c3)OCCO4)CC2)nc2ccccc12. The Morgan fingerprint density at radius 2 is 1.72 bits per heavy atom. The predicted molar refractivity (Wildman–Crippen MR) is 146 cm³/mol. The second kappa shape index (κ2) is 11.8. The highest BCUT2D eigenvalue weighted by Gasteiger charge is 2.22. The second-order valence-corrected chi connectivity index (χ2v) is 10.3. The zero-order valence-corrected chi connectivity index (χ0v) is 21.6. The molecule has 1 aliphatic heterocycles. The summed E-state index contributed by atoms with van der Waals surface area (Å²) in [6, 6.07) is 15.0. The number of ether oxygens (including phenoxy) is 2. The van der Waals surface area contributed by atoms with E-state index in [1.54, 1.807) is 0 Å². The molecule has 1 fully saturated rings. The fourth-order valence-corrected chi connectivity index (χ4v) is 5.29. The molecule has 1 aliphatic carbocycles. The van der Waals surface area contributed by atoms with Crippen LogP contribution in [0.5, 0.6) is 11.5 Å². The van der Waals surface area contributed by atoms with Gasteiger partial charge < -0.3 is 25.0 Å². The molecule has 192 valence electrons. The number of nitrogens with one attached hydrogen (secondary N) is 2. The Bertz CT molecular complexity index is 1140. The number of hydrogen-bond acceptors (Lipinski definition) is 7. The molecule has 0 saturated heterocycles. The Balaban J connectivity index is 1.00. The van der Waals surface area contributed by atoms with E-state index in [1.165, 1.54) is 44.1 Å². The van der Waals surface area contributed by atoms with Gasteiger partial charge in [0.25, 0.3) is 0 Å². The molecule has 7 nitrogen and oxygen atoms in total. The van der Waals surface area contributed by atoms with Gasteiger partial charge in [-0.2, -0.15) is 4.98 Å². The van der Waals surface area contributed by atoms with Crippen molar-refractivity contribution in [3.63, 3.8) is 0 Å². The van der Waals surface area contributed by atoms with Gasteiger partial charge >= 0.3 is 0 Å². The first-order chi connectivity index (χ1) is 17.7. The molecule has 0 spiro atoms. The van der Waals surface area contributed by atoms with Crippen LogP contribution in [0.25, 0.3) is 10.9 Å². The molecule has 3 aromatic rings. The minimum absolute atomic E-state index is 0.448. The minimum Gasteiger partial charge on any atom is -0.486 e. The average molecular weight is 490 g/mol. The molecule has 1 aromatic heterocycles. The number of aromatic nitrogens is 2. The Morgan fingerprint density at radius 3 is 2.56 bits per heavy atom. The number of anilines is 2. The Hall–Kier alpha value is -3.06. The summed E-state index contributed by atoms with van der Waals surface area (Å²) in [5, 5.41) is 8.41. The quantitative estimate of drug-likeness (QED) is 0.386. The van der Waals surface area contributed by atoms with Crippen molar-refractivity contribution in [3.05, 3.63) is 48.0 Å². The van der Waals surface area contributed by atoms with Crippen LogP contribution in [0.4, 0.5) is 11.8 Å². The molecular weight excluding hydrogens is 450 g/mol. The van der Waals surface area contributed by atoms with Gasteiger partial charge in [-0.25, -0.2) is 4.98 Å². The molecule has 7 heteroatoms. The molecule has 36 heavy (non-hydrogen) atoms. The van der Waals surface area contributed by atoms with Gasteiger partial charge in [0.1, 0.15) is 19.0 Å². The van der Waals surface area contributed by atoms with Crippen molar-refractivity contribution in [2.45, 2.75) is 51.0 Å². The first kappa shape index (κ1) is 24.6. The van der Waals surface area contributed by atoms with Gasteiger partial charge in [0, 0.05) is 25.5 Å². The topological polar surface area (TPSA) is 71.5 Å². The van der Waals surface area contributed by atoms with Gasteiger partial charge in [-0.3, -0.25) is 0 Å². The molecule has 2 aromatic carbocycles. The van der Waals surface area contributed by atoms with Crippen molar-refractivity contribution >= 4 is 22.7 Å². The summed E-state index contributed by atoms with van der Waals surface area (Å²) in [5.74, 6) is 4.25. The van der Waals surface area contributed by atoms with E-state index in [1.807, 2.05) is 32.3 Å². The third kappa shape index (κ3) is 6.19. The molecule has 0 atom stereocenters. The third-order valence-corrected chi connectivity index (χ3v) is 7.30. The predicted octanol–water partition coefficient (Wildman–Crippen LogP) is 5.05. The maximum absolute atomic E-state index is 5.70. The van der Waals surface area contributed by atoms with E-state index in [2.05, 4.69) is 39.8 Å². The summed E-state index contributed by atoms with van der Waals surface area (Å²) in [4.78, 5) is 11.7. The zero-order chi connectivity index (χ0) is 24.7. The van der Waals surface area contributed by atoms with Crippen LogP contribution in [0.3, 0.4) is 0 Å². The van der Waals surface area contributed by atoms with Gasteiger partial charge in [-0.05, 0) is 93.8 Å². The van der Waals surface area contributed by atoms with Crippen LogP contribution in [0, 0.1) is 5.92 Å². The van der Waals surface area contributed by atoms with Crippen molar-refractivity contribution in [2.24, 2.45) is 5.92 Å². The molecule has 1 saturated carbocycles. The van der Waals surface area contributed by atoms with Crippen molar-refractivity contribution in [1.29, 1.82) is 0 Å². The number of aryl methyl sites for hydroxylation is 1. The van der Waals surface area contributed by atoms with Crippen molar-refractivity contribution in [2.75, 3.05) is 50.6 Å². The van der Waals surface area contributed by atoms with E-state index in [9.17, 15) is 0 Å². The van der Waals surface area contributed by atoms with Gasteiger partial charge in [0.15, 0.2) is 11.5 Å². The highest BCUT2D eigenvalue weighted by molar-refractivity contribution is 5.90. The van der Waals surface area contributed by atoms with Crippen LogP contribution in [0.1, 0.15) is 44.1 Å². The molecule has 0 radical (unpaired) electrons. The number of nitrogens with zero attached hydrogens (tertiary/aromatic N) is 3. The number of unbranched alkanes of at least 4 members (excludes halogenated alkanes) is 1. The summed E-state index contributed by atoms with van der Waals surface area (Å²) >= 11 is 0. The fourth-order valence-electron chi connectivity index (χ4n) is 5.29. The zero-order valence-electron chi connectivity index (χ0n) is 21.6. The summed E-state index contributed by atoms with van der Waals surface area (Å²) in [7, 11) is 4.07. The summed E-state index contributed by atoms with van der Waals surface area (Å²) in [6.07, 6.45) is 8.30. The molecule has 2 aliphatic rings. The standard InChI is InChI=1S/C29H39N5O2/c1-34(2)28-24-8-3-4-9-25(24)32-29(33-28)31-23-13-10-22(11-14-23)20-30-16-6-5-7-21-12-15-26-27(19-21)36-18-17-35-26/h3-4,8-9,12,15,19,22-23,30H,5-7,10-11,13-14,16-18,20H2,1-2H3,(H,31,32,33).